The summed E-state index contributed by atoms with van der Waals surface area (Å²) >= 11 is 0. The van der Waals surface area contributed by atoms with Crippen molar-refractivity contribution >= 4 is 17.3 Å². The van der Waals surface area contributed by atoms with Crippen LogP contribution in [0.3, 0.4) is 0 Å². The number of nitrogens with zero attached hydrogens (tertiary/aromatic N) is 3. The van der Waals surface area contributed by atoms with Gasteiger partial charge in [0.05, 0.1) is 6.61 Å². The van der Waals surface area contributed by atoms with Gasteiger partial charge in [0.25, 0.3) is 5.91 Å². The number of aryl methyl sites for hydroxylation is 1. The zero-order chi connectivity index (χ0) is 24.1. The molecule has 3 aromatic rings. The third-order valence-corrected chi connectivity index (χ3v) is 6.16. The second kappa shape index (κ2) is 10.5. The van der Waals surface area contributed by atoms with Gasteiger partial charge in [0, 0.05) is 73.2 Å². The number of phenolic OH excluding ortho intramolecular Hbond substituents is 1. The van der Waals surface area contributed by atoms with Gasteiger partial charge in [-0.2, -0.15) is 0 Å². The third kappa shape index (κ3) is 5.27. The molecule has 176 valence electrons. The minimum absolute atomic E-state index is 0.0151. The smallest absolute Gasteiger partial charge is 0.254 e. The first-order valence-corrected chi connectivity index (χ1v) is 11.4. The number of benzene rings is 2. The quantitative estimate of drug-likeness (QED) is 0.501. The van der Waals surface area contributed by atoms with Crippen molar-refractivity contribution in [2.45, 2.75) is 6.92 Å². The van der Waals surface area contributed by atoms with Crippen LogP contribution in [0.25, 0.3) is 16.8 Å². The second-order valence-corrected chi connectivity index (χ2v) is 8.46. The number of rotatable bonds is 7. The molecule has 1 amide bonds. The van der Waals surface area contributed by atoms with Crippen LogP contribution in [-0.2, 0) is 0 Å². The Hall–Kier alpha value is -3.68. The molecule has 2 aromatic carbocycles. The zero-order valence-electron chi connectivity index (χ0n) is 19.4. The van der Waals surface area contributed by atoms with Gasteiger partial charge in [-0.1, -0.05) is 24.8 Å². The number of hydrogen-bond acceptors (Lipinski definition) is 6. The number of carbonyl (C=O) groups is 1. The van der Waals surface area contributed by atoms with E-state index in [1.807, 2.05) is 54.3 Å². The maximum absolute atomic E-state index is 13.1. The molecule has 4 rings (SSSR count). The molecule has 0 radical (unpaired) electrons. The average Bonchev–Trinajstić information content (AvgIpc) is 2.86. The fourth-order valence-corrected chi connectivity index (χ4v) is 4.11. The Labute approximate surface area is 200 Å². The lowest BCUT2D eigenvalue weighted by Crippen LogP contribution is -2.49. The predicted octanol–water partition coefficient (Wildman–Crippen LogP) is 3.60. The number of nitrogens with one attached hydrogen (secondary N) is 1. The van der Waals surface area contributed by atoms with Gasteiger partial charge in [0.2, 0.25) is 0 Å². The Bertz CT molecular complexity index is 1170. The van der Waals surface area contributed by atoms with Crippen LogP contribution in [0, 0.1) is 6.92 Å². The fourth-order valence-electron chi connectivity index (χ4n) is 4.11. The summed E-state index contributed by atoms with van der Waals surface area (Å²) in [5, 5.41) is 22.9. The molecular formula is C27H30N4O3. The number of hydrogen-bond donors (Lipinski definition) is 3. The summed E-state index contributed by atoms with van der Waals surface area (Å²) in [5.74, 6) is 0.106. The SMILES string of the molecule is C=C(Nc1cc(C(=O)N2CCN(CCO)CC2)ccc1C)c1cc(-c2cccnc2)ccc1O. The minimum Gasteiger partial charge on any atom is -0.507 e. The lowest BCUT2D eigenvalue weighted by Gasteiger charge is -2.34. The van der Waals surface area contributed by atoms with Gasteiger partial charge in [0.15, 0.2) is 0 Å². The molecule has 2 heterocycles. The summed E-state index contributed by atoms with van der Waals surface area (Å²) in [7, 11) is 0. The number of anilines is 1. The summed E-state index contributed by atoms with van der Waals surface area (Å²) in [5.41, 5.74) is 5.31. The molecule has 0 bridgehead atoms. The van der Waals surface area contributed by atoms with E-state index < -0.39 is 0 Å². The standard InChI is InChI=1S/C27H30N4O3/c1-19-5-6-22(27(34)31-12-10-30(11-13-31)14-15-32)17-25(19)29-20(2)24-16-21(7-8-26(24)33)23-4-3-9-28-18-23/h3-9,16-18,29,32-33H,2,10-15H2,1H3. The molecule has 0 atom stereocenters. The fraction of sp³-hybridized carbons (Fsp3) is 0.259. The number of aromatic nitrogens is 1. The first-order valence-electron chi connectivity index (χ1n) is 11.4. The van der Waals surface area contributed by atoms with E-state index >= 15 is 0 Å². The Morgan fingerprint density at radius 1 is 1.09 bits per heavy atom. The highest BCUT2D eigenvalue weighted by Crippen LogP contribution is 2.31. The van der Waals surface area contributed by atoms with Crippen molar-refractivity contribution in [3.05, 3.63) is 84.2 Å². The normalized spacial score (nSPS) is 14.1. The van der Waals surface area contributed by atoms with Crippen molar-refractivity contribution in [3.63, 3.8) is 0 Å². The molecule has 3 N–H and O–H groups in total. The summed E-state index contributed by atoms with van der Waals surface area (Å²) < 4.78 is 0. The van der Waals surface area contributed by atoms with Crippen molar-refractivity contribution in [2.24, 2.45) is 0 Å². The summed E-state index contributed by atoms with van der Waals surface area (Å²) in [6.07, 6.45) is 3.49. The van der Waals surface area contributed by atoms with Crippen LogP contribution in [-0.4, -0.2) is 70.2 Å². The second-order valence-electron chi connectivity index (χ2n) is 8.46. The molecule has 1 saturated heterocycles. The number of aliphatic hydroxyl groups is 1. The van der Waals surface area contributed by atoms with E-state index in [-0.39, 0.29) is 18.3 Å². The van der Waals surface area contributed by atoms with Gasteiger partial charge in [0.1, 0.15) is 5.75 Å². The molecule has 34 heavy (non-hydrogen) atoms. The van der Waals surface area contributed by atoms with E-state index in [1.54, 1.807) is 18.5 Å². The van der Waals surface area contributed by atoms with E-state index in [0.29, 0.717) is 36.5 Å². The van der Waals surface area contributed by atoms with E-state index in [1.165, 1.54) is 0 Å². The Morgan fingerprint density at radius 3 is 2.59 bits per heavy atom. The molecule has 0 saturated carbocycles. The molecule has 7 nitrogen and oxygen atoms in total. The number of β-amino-alcohol motifs (C(OH)–C–C–N with tert-alkyl or cyclic N) is 1. The first-order chi connectivity index (χ1) is 16.5. The number of phenols is 1. The molecule has 0 aliphatic carbocycles. The lowest BCUT2D eigenvalue weighted by molar-refractivity contribution is 0.0615. The Kier molecular flexibility index (Phi) is 7.25. The van der Waals surface area contributed by atoms with E-state index in [4.69, 9.17) is 5.11 Å². The highest BCUT2D eigenvalue weighted by atomic mass is 16.3. The predicted molar refractivity (Wildman–Crippen MR) is 135 cm³/mol. The topological polar surface area (TPSA) is 88.9 Å². The highest BCUT2D eigenvalue weighted by Gasteiger charge is 2.22. The molecule has 0 unspecified atom stereocenters. The molecule has 1 fully saturated rings. The first kappa shape index (κ1) is 23.5. The van der Waals surface area contributed by atoms with Crippen molar-refractivity contribution in [1.29, 1.82) is 0 Å². The Balaban J connectivity index is 1.51. The van der Waals surface area contributed by atoms with Gasteiger partial charge in [-0.05, 0) is 48.4 Å². The van der Waals surface area contributed by atoms with Crippen LogP contribution in [0.1, 0.15) is 21.5 Å². The molecule has 0 spiro atoms. The van der Waals surface area contributed by atoms with Gasteiger partial charge in [-0.25, -0.2) is 0 Å². The van der Waals surface area contributed by atoms with Crippen LogP contribution < -0.4 is 5.32 Å². The summed E-state index contributed by atoms with van der Waals surface area (Å²) in [6, 6.07) is 14.8. The molecule has 1 aliphatic rings. The summed E-state index contributed by atoms with van der Waals surface area (Å²) in [6.45, 7) is 9.65. The van der Waals surface area contributed by atoms with E-state index in [9.17, 15) is 9.90 Å². The Morgan fingerprint density at radius 2 is 1.88 bits per heavy atom. The van der Waals surface area contributed by atoms with Crippen LogP contribution >= 0.6 is 0 Å². The minimum atomic E-state index is -0.0151. The van der Waals surface area contributed by atoms with Crippen molar-refractivity contribution < 1.29 is 15.0 Å². The third-order valence-electron chi connectivity index (χ3n) is 6.16. The van der Waals surface area contributed by atoms with Crippen LogP contribution in [0.5, 0.6) is 5.75 Å². The number of amides is 1. The maximum atomic E-state index is 13.1. The summed E-state index contributed by atoms with van der Waals surface area (Å²) in [4.78, 5) is 21.3. The van der Waals surface area contributed by atoms with E-state index in [2.05, 4.69) is 21.8 Å². The molecule has 7 heteroatoms. The van der Waals surface area contributed by atoms with Crippen molar-refractivity contribution in [3.8, 4) is 16.9 Å². The van der Waals surface area contributed by atoms with Crippen LogP contribution in [0.15, 0.2) is 67.5 Å². The molecular weight excluding hydrogens is 428 g/mol. The maximum Gasteiger partial charge on any atom is 0.254 e. The van der Waals surface area contributed by atoms with Gasteiger partial charge >= 0.3 is 0 Å². The largest absolute Gasteiger partial charge is 0.507 e. The number of aliphatic hydroxyl groups excluding tert-OH is 1. The number of piperazine rings is 1. The lowest BCUT2D eigenvalue weighted by atomic mass is 10.0. The average molecular weight is 459 g/mol. The number of aromatic hydroxyl groups is 1. The molecule has 1 aliphatic heterocycles. The molecule has 1 aromatic heterocycles. The van der Waals surface area contributed by atoms with Crippen molar-refractivity contribution in [1.82, 2.24) is 14.8 Å². The van der Waals surface area contributed by atoms with Crippen LogP contribution in [0.2, 0.25) is 0 Å². The zero-order valence-corrected chi connectivity index (χ0v) is 19.4. The number of pyridine rings is 1. The van der Waals surface area contributed by atoms with E-state index in [0.717, 1.165) is 35.5 Å². The van der Waals surface area contributed by atoms with Gasteiger partial charge in [-0.3, -0.25) is 14.7 Å². The van der Waals surface area contributed by atoms with Crippen molar-refractivity contribution in [2.75, 3.05) is 44.6 Å². The monoisotopic (exact) mass is 458 g/mol. The van der Waals surface area contributed by atoms with Gasteiger partial charge in [-0.15, -0.1) is 0 Å². The number of carbonyl (C=O) groups excluding carboxylic acids is 1. The highest BCUT2D eigenvalue weighted by molar-refractivity contribution is 5.96. The van der Waals surface area contributed by atoms with Crippen LogP contribution in [0.4, 0.5) is 5.69 Å². The van der Waals surface area contributed by atoms with Gasteiger partial charge < -0.3 is 20.4 Å².